The second-order valence-electron chi connectivity index (χ2n) is 7.99. The van der Waals surface area contributed by atoms with Gasteiger partial charge in [0.25, 0.3) is 11.9 Å². The van der Waals surface area contributed by atoms with Gasteiger partial charge >= 0.3 is 17.1 Å². The molecule has 0 atom stereocenters. The Bertz CT molecular complexity index is 1090. The normalized spacial score (nSPS) is 11.5. The fraction of sp³-hybridized carbons (Fsp3) is 0.0714. The maximum atomic E-state index is 12.6. The van der Waals surface area contributed by atoms with Crippen LogP contribution in [-0.2, 0) is 22.6 Å². The molecule has 5 nitrogen and oxygen atoms in total. The van der Waals surface area contributed by atoms with Crippen molar-refractivity contribution < 1.29 is 22.6 Å². The van der Waals surface area contributed by atoms with Gasteiger partial charge in [0, 0.05) is 34.6 Å². The average Bonchev–Trinajstić information content (AvgIpc) is 2.89. The quantitative estimate of drug-likeness (QED) is 0.350. The van der Waals surface area contributed by atoms with Crippen molar-refractivity contribution in [2.24, 2.45) is 0 Å². The van der Waals surface area contributed by atoms with E-state index in [1.807, 2.05) is 121 Å². The van der Waals surface area contributed by atoms with Gasteiger partial charge in [-0.1, -0.05) is 121 Å². The zero-order valence-corrected chi connectivity index (χ0v) is 21.6. The zero-order chi connectivity index (χ0) is 24.7. The first kappa shape index (κ1) is 24.3. The summed E-state index contributed by atoms with van der Waals surface area (Å²) in [5.74, 6) is -0.951. The lowest BCUT2D eigenvalue weighted by molar-refractivity contribution is -0.133. The van der Waals surface area contributed by atoms with E-state index < -0.39 is 29.1 Å². The highest BCUT2D eigenvalue weighted by Crippen LogP contribution is 2.20. The van der Waals surface area contributed by atoms with Crippen molar-refractivity contribution >= 4 is 49.8 Å². The highest BCUT2D eigenvalue weighted by atomic mass is 28.5. The molecule has 0 aliphatic carbocycles. The summed E-state index contributed by atoms with van der Waals surface area (Å²) in [7, 11) is -7.49. The Balaban J connectivity index is 2.07. The smallest absolute Gasteiger partial charge is 0.462 e. The second kappa shape index (κ2) is 10.6. The number of carbonyl (C=O) groups is 2. The first-order valence-corrected chi connectivity index (χ1v) is 14.9. The predicted octanol–water partition coefficient (Wildman–Crippen LogP) is 2.64. The Morgan fingerprint density at radius 2 is 0.686 bits per heavy atom. The van der Waals surface area contributed by atoms with Crippen molar-refractivity contribution in [3.63, 3.8) is 0 Å². The molecule has 0 bridgehead atoms. The summed E-state index contributed by atoms with van der Waals surface area (Å²) in [6.45, 7) is 2.74. The molecular formula is C28H26O5Si2. The first-order chi connectivity index (χ1) is 17.0. The van der Waals surface area contributed by atoms with Crippen LogP contribution in [0.15, 0.2) is 121 Å². The van der Waals surface area contributed by atoms with Gasteiger partial charge in [0.2, 0.25) is 0 Å². The summed E-state index contributed by atoms with van der Waals surface area (Å²) >= 11 is 0. The summed E-state index contributed by atoms with van der Waals surface area (Å²) in [5.41, 5.74) is 0. The lowest BCUT2D eigenvalue weighted by atomic mass is 10.4. The Kier molecular flexibility index (Phi) is 7.40. The van der Waals surface area contributed by atoms with E-state index >= 15 is 0 Å². The first-order valence-electron chi connectivity index (χ1n) is 11.3. The molecule has 35 heavy (non-hydrogen) atoms. The fourth-order valence-electron chi connectivity index (χ4n) is 4.08. The predicted molar refractivity (Wildman–Crippen MR) is 140 cm³/mol. The summed E-state index contributed by atoms with van der Waals surface area (Å²) < 4.78 is 19.6. The van der Waals surface area contributed by atoms with Crippen molar-refractivity contribution in [2.75, 3.05) is 0 Å². The van der Waals surface area contributed by atoms with Crippen molar-refractivity contribution in [2.45, 2.75) is 13.8 Å². The number of carbonyl (C=O) groups excluding carboxylic acids is 2. The minimum absolute atomic E-state index is 0.476. The minimum atomic E-state index is -3.74. The molecule has 4 rings (SSSR count). The number of rotatable bonds is 8. The van der Waals surface area contributed by atoms with Crippen LogP contribution < -0.4 is 20.7 Å². The maximum Gasteiger partial charge on any atom is 0.462 e. The molecule has 0 fully saturated rings. The molecule has 0 radical (unpaired) electrons. The van der Waals surface area contributed by atoms with Gasteiger partial charge in [-0.25, -0.2) is 0 Å². The van der Waals surface area contributed by atoms with Crippen LogP contribution in [0.3, 0.4) is 0 Å². The number of hydrogen-bond acceptors (Lipinski definition) is 5. The third kappa shape index (κ3) is 5.17. The van der Waals surface area contributed by atoms with Crippen LogP contribution in [0.2, 0.25) is 0 Å². The van der Waals surface area contributed by atoms with Crippen molar-refractivity contribution in [1.82, 2.24) is 0 Å². The van der Waals surface area contributed by atoms with Crippen LogP contribution >= 0.6 is 0 Å². The molecular weight excluding hydrogens is 472 g/mol. The minimum Gasteiger partial charge on any atom is -0.488 e. The molecule has 0 aliphatic rings. The van der Waals surface area contributed by atoms with Crippen LogP contribution in [0.4, 0.5) is 0 Å². The van der Waals surface area contributed by atoms with Crippen molar-refractivity contribution in [1.29, 1.82) is 0 Å². The number of benzene rings is 4. The molecule has 0 amide bonds. The molecule has 0 spiro atoms. The second-order valence-corrected chi connectivity index (χ2v) is 14.0. The van der Waals surface area contributed by atoms with Gasteiger partial charge in [0.15, 0.2) is 0 Å². The van der Waals surface area contributed by atoms with E-state index in [0.717, 1.165) is 20.7 Å². The maximum absolute atomic E-state index is 12.6. The molecule has 4 aromatic rings. The Morgan fingerprint density at radius 1 is 0.457 bits per heavy atom. The van der Waals surface area contributed by atoms with Gasteiger partial charge in [0.05, 0.1) is 0 Å². The van der Waals surface area contributed by atoms with Crippen LogP contribution in [-0.4, -0.2) is 29.1 Å². The van der Waals surface area contributed by atoms with Gasteiger partial charge in [-0.2, -0.15) is 0 Å². The highest BCUT2D eigenvalue weighted by molar-refractivity contribution is 7.05. The van der Waals surface area contributed by atoms with Crippen LogP contribution in [0.1, 0.15) is 13.8 Å². The monoisotopic (exact) mass is 498 g/mol. The summed E-state index contributed by atoms with van der Waals surface area (Å²) in [6, 6.07) is 37.8. The van der Waals surface area contributed by atoms with E-state index in [2.05, 4.69) is 0 Å². The summed E-state index contributed by atoms with van der Waals surface area (Å²) in [5, 5.41) is 2.93. The highest BCUT2D eigenvalue weighted by Gasteiger charge is 2.58. The molecule has 0 aromatic heterocycles. The Labute approximate surface area is 207 Å². The van der Waals surface area contributed by atoms with Gasteiger partial charge < -0.3 is 13.0 Å². The molecule has 176 valence electrons. The van der Waals surface area contributed by atoms with Gasteiger partial charge in [-0.15, -0.1) is 0 Å². The van der Waals surface area contributed by atoms with Gasteiger partial charge in [0.1, 0.15) is 0 Å². The number of hydrogen-bond donors (Lipinski definition) is 0. The third-order valence-corrected chi connectivity index (χ3v) is 13.3. The molecule has 0 N–H and O–H groups in total. The Hall–Kier alpha value is -3.79. The molecule has 0 unspecified atom stereocenters. The van der Waals surface area contributed by atoms with E-state index in [0.29, 0.717) is 0 Å². The van der Waals surface area contributed by atoms with Crippen LogP contribution in [0.25, 0.3) is 0 Å². The van der Waals surface area contributed by atoms with Gasteiger partial charge in [-0.3, -0.25) is 9.59 Å². The van der Waals surface area contributed by atoms with Gasteiger partial charge in [-0.05, 0) is 0 Å². The van der Waals surface area contributed by atoms with Crippen LogP contribution in [0, 0.1) is 0 Å². The van der Waals surface area contributed by atoms with E-state index in [1.165, 1.54) is 13.8 Å². The lowest BCUT2D eigenvalue weighted by Gasteiger charge is -2.39. The third-order valence-electron chi connectivity index (χ3n) is 5.48. The molecule has 4 aromatic carbocycles. The van der Waals surface area contributed by atoms with E-state index in [-0.39, 0.29) is 0 Å². The van der Waals surface area contributed by atoms with Crippen molar-refractivity contribution in [3.8, 4) is 0 Å². The topological polar surface area (TPSA) is 61.8 Å². The van der Waals surface area contributed by atoms with E-state index in [1.54, 1.807) is 0 Å². The largest absolute Gasteiger partial charge is 0.488 e. The molecule has 7 heteroatoms. The fourth-order valence-corrected chi connectivity index (χ4v) is 12.4. The zero-order valence-electron chi connectivity index (χ0n) is 19.6. The molecule has 0 heterocycles. The molecule has 0 aliphatic heterocycles. The SMILES string of the molecule is CC(=O)O[Si](O[Si](OC(C)=O)(c1ccccc1)c1ccccc1)(c1ccccc1)c1ccccc1. The summed E-state index contributed by atoms with van der Waals surface area (Å²) in [6.07, 6.45) is 0. The Morgan fingerprint density at radius 3 is 0.886 bits per heavy atom. The van der Waals surface area contributed by atoms with Crippen molar-refractivity contribution in [3.05, 3.63) is 121 Å². The molecule has 0 saturated carbocycles. The van der Waals surface area contributed by atoms with E-state index in [9.17, 15) is 9.59 Å². The molecule has 0 saturated heterocycles. The average molecular weight is 499 g/mol. The standard InChI is InChI=1S/C28H26O5Si2/c1-23(29)31-34(25-15-7-3-8-16-25,26-17-9-4-10-18-26)33-35(32-24(2)30,27-19-11-5-12-20-27)28-21-13-6-14-22-28/h3-22H,1-2H3. The van der Waals surface area contributed by atoms with E-state index in [4.69, 9.17) is 13.0 Å². The van der Waals surface area contributed by atoms with Crippen LogP contribution in [0.5, 0.6) is 0 Å². The summed E-state index contributed by atoms with van der Waals surface area (Å²) in [4.78, 5) is 25.3. The lowest BCUT2D eigenvalue weighted by Crippen LogP contribution is -2.75.